The number of rotatable bonds is 2. The fourth-order valence-electron chi connectivity index (χ4n) is 2.90. The van der Waals surface area contributed by atoms with Crippen molar-refractivity contribution in [2.24, 2.45) is 0 Å². The molecule has 2 fully saturated rings. The zero-order chi connectivity index (χ0) is 16.9. The van der Waals surface area contributed by atoms with Gasteiger partial charge in [0.15, 0.2) is 0 Å². The van der Waals surface area contributed by atoms with E-state index in [2.05, 4.69) is 16.9 Å². The van der Waals surface area contributed by atoms with Crippen LogP contribution in [-0.2, 0) is 4.79 Å². The van der Waals surface area contributed by atoms with Gasteiger partial charge in [-0.15, -0.1) is 0 Å². The van der Waals surface area contributed by atoms with Crippen molar-refractivity contribution in [3.05, 3.63) is 40.1 Å². The molecule has 0 aliphatic carbocycles. The van der Waals surface area contributed by atoms with Gasteiger partial charge in [-0.1, -0.05) is 11.5 Å². The lowest BCUT2D eigenvalue weighted by atomic mass is 10.0. The molecule has 0 unspecified atom stereocenters. The monoisotopic (exact) mass is 326 g/mol. The van der Waals surface area contributed by atoms with Crippen LogP contribution in [0.15, 0.2) is 30.0 Å². The van der Waals surface area contributed by atoms with Crippen LogP contribution in [0.1, 0.15) is 25.7 Å². The van der Waals surface area contributed by atoms with Crippen LogP contribution in [0, 0.1) is 22.1 Å². The maximum Gasteiger partial charge on any atom is 0.311 e. The minimum absolute atomic E-state index is 0.0391. The number of allylic oxidation sites excluding steroid dienone is 1. The summed E-state index contributed by atoms with van der Waals surface area (Å²) in [6, 6.07) is 5.94. The van der Waals surface area contributed by atoms with E-state index in [4.69, 9.17) is 0 Å². The lowest BCUT2D eigenvalue weighted by molar-refractivity contribution is -0.384. The molecule has 124 valence electrons. The van der Waals surface area contributed by atoms with E-state index >= 15 is 0 Å². The van der Waals surface area contributed by atoms with Gasteiger partial charge in [-0.3, -0.25) is 19.8 Å². The Hall–Kier alpha value is -2.88. The standard InChI is InChI=1S/C17H18N4O3/c22-16-6-3-11-19(16)10-2-4-14-7-12-20(13-8-14)17-15(21(23)24)5-1-9-18-17/h1,4-5,9H,3,6-8,11-13H2. The zero-order valence-corrected chi connectivity index (χ0v) is 13.3. The number of nitrogens with zero attached hydrogens (tertiary/aromatic N) is 4. The number of pyridine rings is 1. The van der Waals surface area contributed by atoms with Gasteiger partial charge >= 0.3 is 5.69 Å². The smallest absolute Gasteiger partial charge is 0.311 e. The SMILES string of the molecule is O=C1CCCN1C#CC=C1CCN(c2ncccc2[N+](=O)[O-])CC1. The van der Waals surface area contributed by atoms with Crippen LogP contribution in [0.2, 0.25) is 0 Å². The molecule has 3 heterocycles. The predicted octanol–water partition coefficient (Wildman–Crippen LogP) is 2.10. The van der Waals surface area contributed by atoms with Gasteiger partial charge in [0.25, 0.3) is 0 Å². The molecule has 24 heavy (non-hydrogen) atoms. The summed E-state index contributed by atoms with van der Waals surface area (Å²) in [7, 11) is 0. The number of hydrogen-bond donors (Lipinski definition) is 0. The summed E-state index contributed by atoms with van der Waals surface area (Å²) >= 11 is 0. The predicted molar refractivity (Wildman–Crippen MR) is 89.1 cm³/mol. The van der Waals surface area contributed by atoms with E-state index in [1.165, 1.54) is 11.6 Å². The summed E-state index contributed by atoms with van der Waals surface area (Å²) < 4.78 is 0. The average molecular weight is 326 g/mol. The van der Waals surface area contributed by atoms with Crippen LogP contribution in [0.4, 0.5) is 11.5 Å². The molecule has 1 aromatic heterocycles. The van der Waals surface area contributed by atoms with Gasteiger partial charge < -0.3 is 4.90 Å². The molecule has 1 amide bonds. The highest BCUT2D eigenvalue weighted by Gasteiger charge is 2.23. The van der Waals surface area contributed by atoms with E-state index in [1.54, 1.807) is 17.2 Å². The normalized spacial score (nSPS) is 17.5. The molecule has 0 bridgehead atoms. The molecule has 7 nitrogen and oxygen atoms in total. The number of piperidine rings is 1. The number of carbonyl (C=O) groups is 1. The molecular formula is C17H18N4O3. The molecule has 7 heteroatoms. The van der Waals surface area contributed by atoms with E-state index in [-0.39, 0.29) is 11.6 Å². The number of likely N-dealkylation sites (tertiary alicyclic amines) is 1. The van der Waals surface area contributed by atoms with Gasteiger partial charge in [-0.05, 0) is 31.4 Å². The summed E-state index contributed by atoms with van der Waals surface area (Å²) in [5, 5.41) is 11.1. The minimum atomic E-state index is -0.397. The zero-order valence-electron chi connectivity index (χ0n) is 13.3. The maximum atomic E-state index is 11.5. The highest BCUT2D eigenvalue weighted by molar-refractivity contribution is 5.80. The summed E-state index contributed by atoms with van der Waals surface area (Å²) in [5.41, 5.74) is 1.24. The van der Waals surface area contributed by atoms with Gasteiger partial charge in [0.05, 0.1) is 4.92 Å². The molecule has 0 spiro atoms. The topological polar surface area (TPSA) is 79.6 Å². The van der Waals surface area contributed by atoms with E-state index in [0.29, 0.717) is 31.9 Å². The van der Waals surface area contributed by atoms with Crippen molar-refractivity contribution < 1.29 is 9.72 Å². The number of carbonyl (C=O) groups excluding carboxylic acids is 1. The second kappa shape index (κ2) is 7.13. The summed E-state index contributed by atoms with van der Waals surface area (Å²) in [6.07, 6.45) is 6.49. The first kappa shape index (κ1) is 16.0. The lowest BCUT2D eigenvalue weighted by Crippen LogP contribution is -2.31. The van der Waals surface area contributed by atoms with Crippen LogP contribution in [0.5, 0.6) is 0 Å². The van der Waals surface area contributed by atoms with Gasteiger partial charge in [0.2, 0.25) is 11.7 Å². The fraction of sp³-hybridized carbons (Fsp3) is 0.412. The Labute approximate surface area is 140 Å². The Morgan fingerprint density at radius 3 is 2.71 bits per heavy atom. The lowest BCUT2D eigenvalue weighted by Gasteiger charge is -2.28. The molecule has 0 aromatic carbocycles. The van der Waals surface area contributed by atoms with Gasteiger partial charge in [0.1, 0.15) is 0 Å². The minimum Gasteiger partial charge on any atom is -0.350 e. The molecule has 3 rings (SSSR count). The van der Waals surface area contributed by atoms with Crippen LogP contribution in [-0.4, -0.2) is 40.3 Å². The quantitative estimate of drug-likeness (QED) is 0.472. The summed E-state index contributed by atoms with van der Waals surface area (Å²) in [6.45, 7) is 2.06. The Kier molecular flexibility index (Phi) is 4.75. The molecule has 2 saturated heterocycles. The van der Waals surface area contributed by atoms with Crippen molar-refractivity contribution in [2.75, 3.05) is 24.5 Å². The van der Waals surface area contributed by atoms with E-state index in [0.717, 1.165) is 19.3 Å². The molecule has 2 aliphatic heterocycles. The Morgan fingerprint density at radius 2 is 2.04 bits per heavy atom. The average Bonchev–Trinajstić information content (AvgIpc) is 3.01. The first-order valence-corrected chi connectivity index (χ1v) is 7.99. The third-order valence-electron chi connectivity index (χ3n) is 4.22. The van der Waals surface area contributed by atoms with E-state index in [1.807, 2.05) is 11.0 Å². The molecule has 0 atom stereocenters. The van der Waals surface area contributed by atoms with Crippen LogP contribution < -0.4 is 4.90 Å². The summed E-state index contributed by atoms with van der Waals surface area (Å²) in [5.74, 6) is 3.48. The van der Waals surface area contributed by atoms with Crippen molar-refractivity contribution >= 4 is 17.4 Å². The van der Waals surface area contributed by atoms with E-state index < -0.39 is 4.92 Å². The van der Waals surface area contributed by atoms with Gasteiger partial charge in [-0.25, -0.2) is 4.98 Å². The van der Waals surface area contributed by atoms with Crippen molar-refractivity contribution in [3.8, 4) is 12.0 Å². The highest BCUT2D eigenvalue weighted by Crippen LogP contribution is 2.28. The first-order valence-electron chi connectivity index (χ1n) is 7.99. The van der Waals surface area contributed by atoms with E-state index in [9.17, 15) is 14.9 Å². The van der Waals surface area contributed by atoms with Crippen LogP contribution >= 0.6 is 0 Å². The van der Waals surface area contributed by atoms with Crippen LogP contribution in [0.25, 0.3) is 0 Å². The number of nitro groups is 1. The second-order valence-electron chi connectivity index (χ2n) is 5.80. The molecule has 0 radical (unpaired) electrons. The molecule has 0 N–H and O–H groups in total. The van der Waals surface area contributed by atoms with Gasteiger partial charge in [-0.2, -0.15) is 0 Å². The highest BCUT2D eigenvalue weighted by atomic mass is 16.6. The largest absolute Gasteiger partial charge is 0.350 e. The number of aromatic nitrogens is 1. The Bertz CT molecular complexity index is 738. The molecule has 1 aromatic rings. The third-order valence-corrected chi connectivity index (χ3v) is 4.22. The molecular weight excluding hydrogens is 308 g/mol. The number of anilines is 1. The maximum absolute atomic E-state index is 11.5. The molecule has 0 saturated carbocycles. The van der Waals surface area contributed by atoms with Crippen molar-refractivity contribution in [1.29, 1.82) is 0 Å². The Balaban J connectivity index is 1.62. The summed E-state index contributed by atoms with van der Waals surface area (Å²) in [4.78, 5) is 29.9. The second-order valence-corrected chi connectivity index (χ2v) is 5.80. The number of amides is 1. The van der Waals surface area contributed by atoms with Crippen LogP contribution in [0.3, 0.4) is 0 Å². The molecule has 2 aliphatic rings. The van der Waals surface area contributed by atoms with Crippen molar-refractivity contribution in [2.45, 2.75) is 25.7 Å². The number of hydrogen-bond acceptors (Lipinski definition) is 5. The first-order chi connectivity index (χ1) is 11.6. The third kappa shape index (κ3) is 3.54. The van der Waals surface area contributed by atoms with Gasteiger partial charge in [0, 0.05) is 44.4 Å². The Morgan fingerprint density at radius 1 is 1.25 bits per heavy atom. The fourth-order valence-corrected chi connectivity index (χ4v) is 2.90. The van der Waals surface area contributed by atoms with Crippen molar-refractivity contribution in [1.82, 2.24) is 9.88 Å². The van der Waals surface area contributed by atoms with Crippen molar-refractivity contribution in [3.63, 3.8) is 0 Å².